The van der Waals surface area contributed by atoms with E-state index in [0.29, 0.717) is 5.01 Å². The first-order valence-corrected chi connectivity index (χ1v) is 8.40. The SMILES string of the molecule is CO[C@H](C(=O)N[C@@H](CCC(=O)C=[N+]=[N-])C(=O)OC(C)C)c1nccs1. The minimum atomic E-state index is -1.04. The zero-order chi connectivity index (χ0) is 18.8. The van der Waals surface area contributed by atoms with Crippen LogP contribution in [0.5, 0.6) is 0 Å². The Bertz CT molecular complexity index is 640. The molecule has 0 aliphatic rings. The summed E-state index contributed by atoms with van der Waals surface area (Å²) in [6, 6.07) is -1.04. The molecule has 0 spiro atoms. The molecule has 1 heterocycles. The van der Waals surface area contributed by atoms with Gasteiger partial charge in [0.1, 0.15) is 11.0 Å². The molecule has 0 radical (unpaired) electrons. The van der Waals surface area contributed by atoms with Crippen molar-refractivity contribution in [1.82, 2.24) is 10.3 Å². The number of nitrogens with zero attached hydrogens (tertiary/aromatic N) is 3. The predicted molar refractivity (Wildman–Crippen MR) is 88.9 cm³/mol. The van der Waals surface area contributed by atoms with Gasteiger partial charge in [0.05, 0.1) is 6.10 Å². The lowest BCUT2D eigenvalue weighted by atomic mass is 10.1. The van der Waals surface area contributed by atoms with Crippen LogP contribution in [-0.2, 0) is 23.9 Å². The van der Waals surface area contributed by atoms with Crippen molar-refractivity contribution in [3.05, 3.63) is 22.1 Å². The summed E-state index contributed by atoms with van der Waals surface area (Å²) in [6.45, 7) is 3.35. The van der Waals surface area contributed by atoms with E-state index in [9.17, 15) is 14.4 Å². The Balaban J connectivity index is 2.83. The largest absolute Gasteiger partial charge is 0.461 e. The lowest BCUT2D eigenvalue weighted by Gasteiger charge is -2.21. The summed E-state index contributed by atoms with van der Waals surface area (Å²) in [6.07, 6.45) is 0.826. The van der Waals surface area contributed by atoms with E-state index in [4.69, 9.17) is 15.0 Å². The highest BCUT2D eigenvalue weighted by Crippen LogP contribution is 2.19. The van der Waals surface area contributed by atoms with E-state index in [0.717, 1.165) is 6.21 Å². The van der Waals surface area contributed by atoms with E-state index in [1.165, 1.54) is 24.6 Å². The Hall–Kier alpha value is -2.42. The first-order chi connectivity index (χ1) is 11.9. The van der Waals surface area contributed by atoms with Crippen LogP contribution >= 0.6 is 11.3 Å². The van der Waals surface area contributed by atoms with Crippen LogP contribution in [0.15, 0.2) is 11.6 Å². The fraction of sp³-hybridized carbons (Fsp3) is 0.533. The molecule has 1 aromatic heterocycles. The van der Waals surface area contributed by atoms with Gasteiger partial charge in [0.2, 0.25) is 5.78 Å². The Morgan fingerprint density at radius 2 is 2.16 bits per heavy atom. The smallest absolute Gasteiger partial charge is 0.328 e. The topological polar surface area (TPSA) is 131 Å². The summed E-state index contributed by atoms with van der Waals surface area (Å²) >= 11 is 1.24. The van der Waals surface area contributed by atoms with Crippen molar-refractivity contribution in [1.29, 1.82) is 0 Å². The van der Waals surface area contributed by atoms with Crippen molar-refractivity contribution >= 4 is 35.2 Å². The summed E-state index contributed by atoms with van der Waals surface area (Å²) in [4.78, 5) is 42.7. The molecule has 1 rings (SSSR count). The summed E-state index contributed by atoms with van der Waals surface area (Å²) < 4.78 is 10.3. The summed E-state index contributed by atoms with van der Waals surface area (Å²) in [5, 5.41) is 4.67. The van der Waals surface area contributed by atoms with Gasteiger partial charge < -0.3 is 20.3 Å². The fourth-order valence-electron chi connectivity index (χ4n) is 1.91. The number of thiazole rings is 1. The Labute approximate surface area is 149 Å². The molecule has 10 heteroatoms. The zero-order valence-corrected chi connectivity index (χ0v) is 15.0. The van der Waals surface area contributed by atoms with Crippen LogP contribution < -0.4 is 5.32 Å². The van der Waals surface area contributed by atoms with Crippen LogP contribution in [0, 0.1) is 0 Å². The van der Waals surface area contributed by atoms with Crippen molar-refractivity contribution in [3.63, 3.8) is 0 Å². The molecule has 1 aromatic rings. The zero-order valence-electron chi connectivity index (χ0n) is 14.2. The number of methoxy groups -OCH3 is 1. The van der Waals surface area contributed by atoms with E-state index >= 15 is 0 Å². The number of hydrogen-bond donors (Lipinski definition) is 1. The number of esters is 1. The van der Waals surface area contributed by atoms with E-state index in [-0.39, 0.29) is 18.9 Å². The average molecular weight is 368 g/mol. The Morgan fingerprint density at radius 1 is 1.44 bits per heavy atom. The van der Waals surface area contributed by atoms with Crippen molar-refractivity contribution < 1.29 is 28.6 Å². The summed E-state index contributed by atoms with van der Waals surface area (Å²) in [5.41, 5.74) is 8.35. The van der Waals surface area contributed by atoms with Gasteiger partial charge in [0.15, 0.2) is 6.10 Å². The molecule has 0 aliphatic carbocycles. The molecule has 1 amide bonds. The Kier molecular flexibility index (Phi) is 8.62. The quantitative estimate of drug-likeness (QED) is 0.283. The minimum absolute atomic E-state index is 0.00352. The van der Waals surface area contributed by atoms with Crippen LogP contribution in [-0.4, -0.2) is 52.9 Å². The van der Waals surface area contributed by atoms with Gasteiger partial charge in [-0.3, -0.25) is 9.59 Å². The molecule has 2 atom stereocenters. The van der Waals surface area contributed by atoms with Crippen LogP contribution in [0.2, 0.25) is 0 Å². The van der Waals surface area contributed by atoms with Crippen LogP contribution in [0.1, 0.15) is 37.8 Å². The highest BCUT2D eigenvalue weighted by atomic mass is 32.1. The van der Waals surface area contributed by atoms with Gasteiger partial charge in [-0.2, -0.15) is 4.79 Å². The van der Waals surface area contributed by atoms with E-state index < -0.39 is 29.8 Å². The molecule has 0 saturated heterocycles. The number of rotatable bonds is 10. The highest BCUT2D eigenvalue weighted by Gasteiger charge is 2.29. The Morgan fingerprint density at radius 3 is 2.68 bits per heavy atom. The first kappa shape index (κ1) is 20.6. The van der Waals surface area contributed by atoms with Crippen molar-refractivity contribution in [2.75, 3.05) is 7.11 Å². The van der Waals surface area contributed by atoms with Gasteiger partial charge in [-0.1, -0.05) is 0 Å². The summed E-state index contributed by atoms with van der Waals surface area (Å²) in [5.74, 6) is -1.71. The maximum absolute atomic E-state index is 12.4. The number of aromatic nitrogens is 1. The van der Waals surface area contributed by atoms with E-state index in [2.05, 4.69) is 15.1 Å². The second-order valence-electron chi connectivity index (χ2n) is 5.28. The molecule has 0 fully saturated rings. The monoisotopic (exact) mass is 368 g/mol. The molecular formula is C15H20N4O5S. The van der Waals surface area contributed by atoms with Gasteiger partial charge in [-0.15, -0.1) is 11.3 Å². The third-order valence-electron chi connectivity index (χ3n) is 2.98. The van der Waals surface area contributed by atoms with Crippen molar-refractivity contribution in [2.45, 2.75) is 44.9 Å². The van der Waals surface area contributed by atoms with Crippen molar-refractivity contribution in [2.24, 2.45) is 0 Å². The standard InChI is InChI=1S/C15H20N4O5S/c1-9(2)24-15(22)11(5-4-10(20)8-18-16)19-13(21)12(23-3)14-17-6-7-25-14/h6-9,11-12H,4-5H2,1-3H3,(H,19,21)/t11-,12+/m0/s1. The molecule has 0 aliphatic heterocycles. The third-order valence-corrected chi connectivity index (χ3v) is 3.80. The van der Waals surface area contributed by atoms with Crippen LogP contribution in [0.25, 0.3) is 5.53 Å². The third kappa shape index (κ3) is 6.92. The normalized spacial score (nSPS) is 12.8. The molecule has 0 saturated carbocycles. The molecule has 9 nitrogen and oxygen atoms in total. The number of ether oxygens (including phenoxy) is 2. The summed E-state index contributed by atoms with van der Waals surface area (Å²) in [7, 11) is 1.36. The maximum Gasteiger partial charge on any atom is 0.328 e. The number of nitrogens with one attached hydrogen (secondary N) is 1. The first-order valence-electron chi connectivity index (χ1n) is 7.52. The van der Waals surface area contributed by atoms with E-state index in [1.54, 1.807) is 19.2 Å². The molecule has 0 unspecified atom stereocenters. The van der Waals surface area contributed by atoms with E-state index in [1.807, 2.05) is 0 Å². The van der Waals surface area contributed by atoms with Gasteiger partial charge >= 0.3 is 12.2 Å². The van der Waals surface area contributed by atoms with Crippen molar-refractivity contribution in [3.8, 4) is 0 Å². The average Bonchev–Trinajstić information content (AvgIpc) is 3.05. The molecule has 1 N–H and O–H groups in total. The fourth-order valence-corrected chi connectivity index (χ4v) is 2.62. The van der Waals surface area contributed by atoms with Crippen LogP contribution in [0.3, 0.4) is 0 Å². The number of Topliss-reactive ketones (excluding diaryl/α,β-unsaturated/α-hetero) is 1. The second-order valence-corrected chi connectivity index (χ2v) is 6.21. The maximum atomic E-state index is 12.4. The molecule has 136 valence electrons. The number of amides is 1. The molecule has 0 aromatic carbocycles. The molecular weight excluding hydrogens is 348 g/mol. The lowest BCUT2D eigenvalue weighted by Crippen LogP contribution is -2.45. The van der Waals surface area contributed by atoms with Gasteiger partial charge in [0, 0.05) is 25.1 Å². The van der Waals surface area contributed by atoms with Crippen LogP contribution in [0.4, 0.5) is 0 Å². The van der Waals surface area contributed by atoms with Gasteiger partial charge in [-0.25, -0.2) is 9.78 Å². The predicted octanol–water partition coefficient (Wildman–Crippen LogP) is 0.917. The van der Waals surface area contributed by atoms with Gasteiger partial charge in [0.25, 0.3) is 5.91 Å². The second kappa shape index (κ2) is 10.4. The highest BCUT2D eigenvalue weighted by molar-refractivity contribution is 7.09. The number of hydrogen-bond acceptors (Lipinski definition) is 7. The number of ketones is 1. The molecule has 25 heavy (non-hydrogen) atoms. The number of carbonyl (C=O) groups is 3. The lowest BCUT2D eigenvalue weighted by molar-refractivity contribution is -0.152. The molecule has 0 bridgehead atoms. The number of carbonyl (C=O) groups excluding carboxylic acids is 3. The van der Waals surface area contributed by atoms with Gasteiger partial charge in [-0.05, 0) is 20.3 Å². The minimum Gasteiger partial charge on any atom is -0.461 e.